The molecule has 1 atom stereocenters. The van der Waals surface area contributed by atoms with Gasteiger partial charge in [0.1, 0.15) is 0 Å². The summed E-state index contributed by atoms with van der Waals surface area (Å²) >= 11 is 0. The molecule has 5 heteroatoms. The van der Waals surface area contributed by atoms with E-state index in [0.29, 0.717) is 6.54 Å². The van der Waals surface area contributed by atoms with Gasteiger partial charge in [0.15, 0.2) is 0 Å². The maximum atomic E-state index is 10.6. The number of hydrogen-bond donors (Lipinski definition) is 2. The second kappa shape index (κ2) is 5.50. The third-order valence-corrected chi connectivity index (χ3v) is 2.25. The maximum absolute atomic E-state index is 10.6. The molecule has 0 aromatic carbocycles. The summed E-state index contributed by atoms with van der Waals surface area (Å²) in [5.74, 6) is 0.00462. The van der Waals surface area contributed by atoms with Gasteiger partial charge in [0.25, 0.3) is 0 Å². The van der Waals surface area contributed by atoms with Crippen LogP contribution in [0.1, 0.15) is 25.6 Å². The standard InChI is InChI=1S/C10H18N4O/c1-8(10-4-5-13-14(10)3)11-6-7-12-9(2)15/h4-5,8,11H,6-7H2,1-3H3,(H,12,15). The van der Waals surface area contributed by atoms with E-state index in [1.807, 2.05) is 17.8 Å². The van der Waals surface area contributed by atoms with Gasteiger partial charge in [-0.05, 0) is 13.0 Å². The van der Waals surface area contributed by atoms with Crippen molar-refractivity contribution in [3.8, 4) is 0 Å². The summed E-state index contributed by atoms with van der Waals surface area (Å²) in [7, 11) is 1.92. The van der Waals surface area contributed by atoms with Gasteiger partial charge in [-0.15, -0.1) is 0 Å². The minimum absolute atomic E-state index is 0.00462. The Kier molecular flexibility index (Phi) is 4.30. The molecule has 0 bridgehead atoms. The van der Waals surface area contributed by atoms with Crippen molar-refractivity contribution >= 4 is 5.91 Å². The van der Waals surface area contributed by atoms with Crippen LogP contribution in [-0.2, 0) is 11.8 Å². The fourth-order valence-corrected chi connectivity index (χ4v) is 1.44. The van der Waals surface area contributed by atoms with Crippen LogP contribution in [0.2, 0.25) is 0 Å². The Hall–Kier alpha value is -1.36. The SMILES string of the molecule is CC(=O)NCCNC(C)c1ccnn1C. The molecule has 1 amide bonds. The van der Waals surface area contributed by atoms with Gasteiger partial charge in [0.2, 0.25) is 5.91 Å². The van der Waals surface area contributed by atoms with Gasteiger partial charge in [-0.1, -0.05) is 0 Å². The van der Waals surface area contributed by atoms with Crippen molar-refractivity contribution in [3.05, 3.63) is 18.0 Å². The smallest absolute Gasteiger partial charge is 0.216 e. The van der Waals surface area contributed by atoms with E-state index in [9.17, 15) is 4.79 Å². The number of carbonyl (C=O) groups excluding carboxylic acids is 1. The molecule has 1 aromatic rings. The molecule has 0 aliphatic heterocycles. The molecule has 84 valence electrons. The molecule has 1 heterocycles. The van der Waals surface area contributed by atoms with E-state index < -0.39 is 0 Å². The average molecular weight is 210 g/mol. The monoisotopic (exact) mass is 210 g/mol. The lowest BCUT2D eigenvalue weighted by Crippen LogP contribution is -2.32. The first-order valence-corrected chi connectivity index (χ1v) is 5.07. The highest BCUT2D eigenvalue weighted by Crippen LogP contribution is 2.08. The summed E-state index contributed by atoms with van der Waals surface area (Å²) in [6, 6.07) is 2.22. The second-order valence-electron chi connectivity index (χ2n) is 3.54. The van der Waals surface area contributed by atoms with Crippen molar-refractivity contribution in [2.24, 2.45) is 7.05 Å². The van der Waals surface area contributed by atoms with Crippen LogP contribution in [0.4, 0.5) is 0 Å². The molecule has 0 fully saturated rings. The Morgan fingerprint density at radius 1 is 1.60 bits per heavy atom. The highest BCUT2D eigenvalue weighted by molar-refractivity contribution is 5.72. The Morgan fingerprint density at radius 3 is 2.87 bits per heavy atom. The Balaban J connectivity index is 2.28. The lowest BCUT2D eigenvalue weighted by molar-refractivity contribution is -0.118. The zero-order valence-corrected chi connectivity index (χ0v) is 9.45. The zero-order chi connectivity index (χ0) is 11.3. The number of rotatable bonds is 5. The van der Waals surface area contributed by atoms with Crippen LogP contribution in [0.25, 0.3) is 0 Å². The molecule has 0 saturated carbocycles. The quantitative estimate of drug-likeness (QED) is 0.683. The minimum atomic E-state index is 0.00462. The van der Waals surface area contributed by atoms with Crippen molar-refractivity contribution in [2.45, 2.75) is 19.9 Å². The molecular weight excluding hydrogens is 192 g/mol. The summed E-state index contributed by atoms with van der Waals surface area (Å²) in [5.41, 5.74) is 1.14. The van der Waals surface area contributed by atoms with E-state index in [1.165, 1.54) is 6.92 Å². The number of nitrogens with one attached hydrogen (secondary N) is 2. The van der Waals surface area contributed by atoms with Crippen LogP contribution in [0.15, 0.2) is 12.3 Å². The first kappa shape index (κ1) is 11.7. The van der Waals surface area contributed by atoms with Crippen molar-refractivity contribution in [1.29, 1.82) is 0 Å². The molecular formula is C10H18N4O. The zero-order valence-electron chi connectivity index (χ0n) is 9.45. The fourth-order valence-electron chi connectivity index (χ4n) is 1.44. The molecule has 15 heavy (non-hydrogen) atoms. The Labute approximate surface area is 89.9 Å². The van der Waals surface area contributed by atoms with Crippen molar-refractivity contribution in [3.63, 3.8) is 0 Å². The molecule has 0 saturated heterocycles. The summed E-state index contributed by atoms with van der Waals surface area (Å²) < 4.78 is 1.84. The molecule has 2 N–H and O–H groups in total. The van der Waals surface area contributed by atoms with Gasteiger partial charge in [-0.25, -0.2) is 0 Å². The van der Waals surface area contributed by atoms with Crippen LogP contribution < -0.4 is 10.6 Å². The third-order valence-electron chi connectivity index (χ3n) is 2.25. The molecule has 0 radical (unpaired) electrons. The van der Waals surface area contributed by atoms with Gasteiger partial charge >= 0.3 is 0 Å². The normalized spacial score (nSPS) is 12.5. The first-order chi connectivity index (χ1) is 7.11. The Morgan fingerprint density at radius 2 is 2.33 bits per heavy atom. The summed E-state index contributed by atoms with van der Waals surface area (Å²) in [6.45, 7) is 5.00. The molecule has 1 aromatic heterocycles. The number of aryl methyl sites for hydroxylation is 1. The van der Waals surface area contributed by atoms with Crippen molar-refractivity contribution in [2.75, 3.05) is 13.1 Å². The van der Waals surface area contributed by atoms with Crippen LogP contribution in [0.3, 0.4) is 0 Å². The van der Waals surface area contributed by atoms with Crippen LogP contribution in [0.5, 0.6) is 0 Å². The summed E-state index contributed by atoms with van der Waals surface area (Å²) in [5, 5.41) is 10.1. The van der Waals surface area contributed by atoms with Gasteiger partial charge in [-0.3, -0.25) is 9.48 Å². The minimum Gasteiger partial charge on any atom is -0.355 e. The largest absolute Gasteiger partial charge is 0.355 e. The highest BCUT2D eigenvalue weighted by Gasteiger charge is 2.07. The summed E-state index contributed by atoms with van der Waals surface area (Å²) in [6.07, 6.45) is 1.78. The van der Waals surface area contributed by atoms with Crippen molar-refractivity contribution < 1.29 is 4.79 Å². The number of aromatic nitrogens is 2. The highest BCUT2D eigenvalue weighted by atomic mass is 16.1. The summed E-state index contributed by atoms with van der Waals surface area (Å²) in [4.78, 5) is 10.6. The number of hydrogen-bond acceptors (Lipinski definition) is 3. The van der Waals surface area contributed by atoms with Gasteiger partial charge in [0, 0.05) is 39.3 Å². The van der Waals surface area contributed by atoms with E-state index in [-0.39, 0.29) is 11.9 Å². The topological polar surface area (TPSA) is 59.0 Å². The number of carbonyl (C=O) groups is 1. The lowest BCUT2D eigenvalue weighted by Gasteiger charge is -2.14. The molecule has 1 rings (SSSR count). The third kappa shape index (κ3) is 3.71. The van der Waals surface area contributed by atoms with Crippen molar-refractivity contribution in [1.82, 2.24) is 20.4 Å². The molecule has 0 spiro atoms. The molecule has 1 unspecified atom stereocenters. The van der Waals surface area contributed by atoms with Crippen LogP contribution in [-0.4, -0.2) is 28.8 Å². The van der Waals surface area contributed by atoms with E-state index in [2.05, 4.69) is 22.7 Å². The molecule has 5 nitrogen and oxygen atoms in total. The maximum Gasteiger partial charge on any atom is 0.216 e. The predicted molar refractivity (Wildman–Crippen MR) is 58.3 cm³/mol. The molecule has 0 aliphatic carbocycles. The Bertz CT molecular complexity index is 321. The van der Waals surface area contributed by atoms with E-state index in [1.54, 1.807) is 6.20 Å². The van der Waals surface area contributed by atoms with E-state index in [4.69, 9.17) is 0 Å². The van der Waals surface area contributed by atoms with Crippen LogP contribution in [0, 0.1) is 0 Å². The first-order valence-electron chi connectivity index (χ1n) is 5.07. The second-order valence-corrected chi connectivity index (χ2v) is 3.54. The fraction of sp³-hybridized carbons (Fsp3) is 0.600. The number of amides is 1. The molecule has 0 aliphatic rings. The van der Waals surface area contributed by atoms with Crippen LogP contribution >= 0.6 is 0 Å². The predicted octanol–water partition coefficient (Wildman–Crippen LogP) is 0.207. The van der Waals surface area contributed by atoms with E-state index >= 15 is 0 Å². The van der Waals surface area contributed by atoms with Gasteiger partial charge in [0.05, 0.1) is 5.69 Å². The van der Waals surface area contributed by atoms with Gasteiger partial charge < -0.3 is 10.6 Å². The van der Waals surface area contributed by atoms with Gasteiger partial charge in [-0.2, -0.15) is 5.10 Å². The lowest BCUT2D eigenvalue weighted by atomic mass is 10.2. The number of nitrogens with zero attached hydrogens (tertiary/aromatic N) is 2. The average Bonchev–Trinajstić information content (AvgIpc) is 2.58. The van der Waals surface area contributed by atoms with E-state index in [0.717, 1.165) is 12.2 Å².